The minimum Gasteiger partial charge on any atom is -0.421 e. The molecule has 0 saturated carbocycles. The van der Waals surface area contributed by atoms with Crippen LogP contribution in [0.2, 0.25) is 0 Å². The number of likely N-dealkylation sites (N-methyl/N-ethyl adjacent to an activating group) is 1. The zero-order valence-electron chi connectivity index (χ0n) is 20.8. The third kappa shape index (κ3) is 4.68. The zero-order valence-corrected chi connectivity index (χ0v) is 20.8. The molecule has 1 aromatic carbocycles. The lowest BCUT2D eigenvalue weighted by molar-refractivity contribution is 0.311. The van der Waals surface area contributed by atoms with Gasteiger partial charge in [-0.05, 0) is 38.6 Å². The van der Waals surface area contributed by atoms with Crippen molar-refractivity contribution < 1.29 is 13.5 Å². The third-order valence-electron chi connectivity index (χ3n) is 6.52. The van der Waals surface area contributed by atoms with Crippen molar-refractivity contribution in [3.63, 3.8) is 0 Å². The Labute approximate surface area is 208 Å². The number of nitrogens with zero attached hydrogens (tertiary/aromatic N) is 6. The second kappa shape index (κ2) is 9.69. The molecule has 0 aliphatic carbocycles. The first-order valence-corrected chi connectivity index (χ1v) is 11.9. The van der Waals surface area contributed by atoms with Gasteiger partial charge in [-0.2, -0.15) is 9.97 Å². The molecule has 36 heavy (non-hydrogen) atoms. The van der Waals surface area contributed by atoms with Crippen molar-refractivity contribution in [2.75, 3.05) is 50.0 Å². The van der Waals surface area contributed by atoms with E-state index in [1.54, 1.807) is 24.6 Å². The molecule has 0 unspecified atom stereocenters. The van der Waals surface area contributed by atoms with Gasteiger partial charge < -0.3 is 24.4 Å². The minimum atomic E-state index is -0.655. The Morgan fingerprint density at radius 1 is 1.06 bits per heavy atom. The molecule has 0 atom stereocenters. The number of amidine groups is 1. The number of rotatable bonds is 5. The van der Waals surface area contributed by atoms with Gasteiger partial charge in [-0.1, -0.05) is 12.2 Å². The van der Waals surface area contributed by atoms with Crippen LogP contribution >= 0.6 is 0 Å². The van der Waals surface area contributed by atoms with Crippen LogP contribution in [0.5, 0.6) is 11.8 Å². The maximum absolute atomic E-state index is 15.3. The summed E-state index contributed by atoms with van der Waals surface area (Å²) >= 11 is 0. The second-order valence-corrected chi connectivity index (χ2v) is 9.11. The largest absolute Gasteiger partial charge is 0.421 e. The molecule has 2 aliphatic heterocycles. The van der Waals surface area contributed by atoms with Crippen LogP contribution < -0.4 is 15.0 Å². The fourth-order valence-corrected chi connectivity index (χ4v) is 4.42. The van der Waals surface area contributed by atoms with Gasteiger partial charge in [0.1, 0.15) is 17.5 Å². The van der Waals surface area contributed by atoms with Gasteiger partial charge in [0.2, 0.25) is 0 Å². The minimum absolute atomic E-state index is 0.0736. The summed E-state index contributed by atoms with van der Waals surface area (Å²) in [5.41, 5.74) is 2.01. The van der Waals surface area contributed by atoms with E-state index >= 15 is 4.39 Å². The molecule has 1 N–H and O–H groups in total. The Hall–Kier alpha value is -3.79. The van der Waals surface area contributed by atoms with Crippen molar-refractivity contribution in [3.8, 4) is 11.8 Å². The van der Waals surface area contributed by atoms with Crippen molar-refractivity contribution in [2.24, 2.45) is 12.0 Å². The highest BCUT2D eigenvalue weighted by Gasteiger charge is 2.22. The fraction of sp³-hybridized carbons (Fsp3) is 0.346. The monoisotopic (exact) mass is 493 g/mol. The van der Waals surface area contributed by atoms with Crippen molar-refractivity contribution in [1.82, 2.24) is 19.4 Å². The maximum Gasteiger partial charge on any atom is 0.326 e. The van der Waals surface area contributed by atoms with E-state index in [1.807, 2.05) is 31.2 Å². The number of benzene rings is 1. The van der Waals surface area contributed by atoms with Gasteiger partial charge in [-0.25, -0.2) is 8.78 Å². The molecule has 1 fully saturated rings. The number of halogens is 2. The van der Waals surface area contributed by atoms with E-state index in [1.165, 1.54) is 0 Å². The Morgan fingerprint density at radius 3 is 2.58 bits per heavy atom. The lowest BCUT2D eigenvalue weighted by Crippen LogP contribution is -2.44. The van der Waals surface area contributed by atoms with Gasteiger partial charge in [-0.15, -0.1) is 0 Å². The predicted octanol–water partition coefficient (Wildman–Crippen LogP) is 4.43. The summed E-state index contributed by atoms with van der Waals surface area (Å²) in [6.07, 6.45) is 5.91. The highest BCUT2D eigenvalue weighted by molar-refractivity contribution is 6.05. The van der Waals surface area contributed by atoms with E-state index in [0.29, 0.717) is 24.0 Å². The summed E-state index contributed by atoms with van der Waals surface area (Å²) in [7, 11) is 3.77. The molecule has 0 spiro atoms. The van der Waals surface area contributed by atoms with Gasteiger partial charge in [0.05, 0.1) is 12.1 Å². The van der Waals surface area contributed by atoms with Gasteiger partial charge >= 0.3 is 6.01 Å². The Bertz CT molecular complexity index is 1400. The summed E-state index contributed by atoms with van der Waals surface area (Å²) in [5, 5.41) is 3.36. The number of piperazine rings is 1. The first-order chi connectivity index (χ1) is 17.3. The average Bonchev–Trinajstić information content (AvgIpc) is 3.41. The van der Waals surface area contributed by atoms with E-state index in [4.69, 9.17) is 4.74 Å². The Kier molecular flexibility index (Phi) is 6.44. The fourth-order valence-electron chi connectivity index (χ4n) is 4.42. The van der Waals surface area contributed by atoms with Crippen LogP contribution in [-0.2, 0) is 7.05 Å². The van der Waals surface area contributed by atoms with E-state index in [9.17, 15) is 4.39 Å². The summed E-state index contributed by atoms with van der Waals surface area (Å²) in [6.45, 7) is 7.64. The normalized spacial score (nSPS) is 16.7. The number of allylic oxidation sites excluding steroid dienone is 1. The summed E-state index contributed by atoms with van der Waals surface area (Å²) in [6, 6.07) is 4.39. The van der Waals surface area contributed by atoms with Crippen LogP contribution in [-0.4, -0.2) is 65.0 Å². The van der Waals surface area contributed by atoms with Crippen LogP contribution in [0.25, 0.3) is 10.9 Å². The van der Waals surface area contributed by atoms with Gasteiger partial charge in [-0.3, -0.25) is 4.99 Å². The first-order valence-electron chi connectivity index (χ1n) is 11.9. The quantitative estimate of drug-likeness (QED) is 0.567. The topological polar surface area (TPSA) is 70.8 Å². The zero-order chi connectivity index (χ0) is 25.4. The summed E-state index contributed by atoms with van der Waals surface area (Å²) in [4.78, 5) is 17.8. The first kappa shape index (κ1) is 23.9. The average molecular weight is 494 g/mol. The molecular weight excluding hydrogens is 464 g/mol. The lowest BCUT2D eigenvalue weighted by atomic mass is 10.2. The smallest absolute Gasteiger partial charge is 0.326 e. The van der Waals surface area contributed by atoms with E-state index in [0.717, 1.165) is 43.5 Å². The molecule has 4 heterocycles. The van der Waals surface area contributed by atoms with Crippen molar-refractivity contribution in [2.45, 2.75) is 13.8 Å². The lowest BCUT2D eigenvalue weighted by Gasteiger charge is -2.33. The van der Waals surface area contributed by atoms with E-state index in [2.05, 4.69) is 37.1 Å². The molecule has 10 heteroatoms. The molecular formula is C26H29F2N7O. The molecule has 0 bridgehead atoms. The molecule has 188 valence electrons. The number of nitrogens with one attached hydrogen (secondary N) is 1. The Balaban J connectivity index is 1.50. The molecule has 5 rings (SSSR count). The SMILES string of the molecule is C/C=C/C1=CC(Nc2cc(N3CCN(C)CC3)nc(Oc3cc(F)c4c(cc(C)n4C)c3F)n2)=NC1. The van der Waals surface area contributed by atoms with Crippen molar-refractivity contribution >= 4 is 28.4 Å². The molecule has 0 amide bonds. The highest BCUT2D eigenvalue weighted by atomic mass is 19.1. The van der Waals surface area contributed by atoms with Crippen LogP contribution in [0.4, 0.5) is 20.4 Å². The molecule has 3 aromatic rings. The summed E-state index contributed by atoms with van der Waals surface area (Å²) in [5.74, 6) is 0.272. The molecule has 8 nitrogen and oxygen atoms in total. The number of anilines is 2. The standard InChI is InChI=1S/C26H29F2N7O/c1-5-6-17-12-21(29-15-17)30-22-14-23(35-9-7-33(3)8-10-35)32-26(31-22)36-20-13-19(27)25-18(24(20)28)11-16(2)34(25)4/h5-6,11-14H,7-10,15H2,1-4H3,(H,29,30,31,32)/b6-5+. The van der Waals surface area contributed by atoms with Gasteiger partial charge in [0.15, 0.2) is 17.4 Å². The van der Waals surface area contributed by atoms with Crippen LogP contribution in [0, 0.1) is 18.6 Å². The van der Waals surface area contributed by atoms with Gasteiger partial charge in [0, 0.05) is 56.4 Å². The van der Waals surface area contributed by atoms with Crippen molar-refractivity contribution in [1.29, 1.82) is 0 Å². The molecule has 1 saturated heterocycles. The van der Waals surface area contributed by atoms with Crippen LogP contribution in [0.15, 0.2) is 47.0 Å². The number of aliphatic imine (C=N–C) groups is 1. The van der Waals surface area contributed by atoms with Crippen LogP contribution in [0.1, 0.15) is 12.6 Å². The van der Waals surface area contributed by atoms with Gasteiger partial charge in [0.25, 0.3) is 0 Å². The second-order valence-electron chi connectivity index (χ2n) is 9.11. The number of ether oxygens (including phenoxy) is 1. The number of aromatic nitrogens is 3. The van der Waals surface area contributed by atoms with Crippen LogP contribution in [0.3, 0.4) is 0 Å². The number of fused-ring (bicyclic) bond motifs is 1. The predicted molar refractivity (Wildman–Crippen MR) is 138 cm³/mol. The number of hydrogen-bond donors (Lipinski definition) is 1. The van der Waals surface area contributed by atoms with E-state index < -0.39 is 11.6 Å². The maximum atomic E-state index is 15.3. The van der Waals surface area contributed by atoms with E-state index in [-0.39, 0.29) is 22.7 Å². The summed E-state index contributed by atoms with van der Waals surface area (Å²) < 4.78 is 37.6. The van der Waals surface area contributed by atoms with Crippen molar-refractivity contribution in [3.05, 3.63) is 59.3 Å². The molecule has 0 radical (unpaired) electrons. The molecule has 2 aliphatic rings. The highest BCUT2D eigenvalue weighted by Crippen LogP contribution is 2.34. The number of hydrogen-bond acceptors (Lipinski definition) is 7. The Morgan fingerprint density at radius 2 is 1.83 bits per heavy atom. The third-order valence-corrected chi connectivity index (χ3v) is 6.52. The number of aryl methyl sites for hydroxylation is 2. The molecule has 2 aromatic heterocycles.